The molecule has 2 aromatic heterocycles. The zero-order valence-electron chi connectivity index (χ0n) is 7.81. The minimum Gasteiger partial charge on any atom is -0.382 e. The molecule has 0 saturated heterocycles. The molecule has 2 aromatic rings. The molecule has 0 aliphatic rings. The third kappa shape index (κ3) is 1.95. The Bertz CT molecular complexity index is 504. The van der Waals surface area contributed by atoms with Gasteiger partial charge in [-0.1, -0.05) is 0 Å². The lowest BCUT2D eigenvalue weighted by molar-refractivity contribution is -0.137. The number of rotatable bonds is 1. The van der Waals surface area contributed by atoms with Crippen molar-refractivity contribution in [2.45, 2.75) is 6.18 Å². The zero-order valence-corrected chi connectivity index (χ0v) is 7.81. The molecule has 5 nitrogen and oxygen atoms in total. The highest BCUT2D eigenvalue weighted by Gasteiger charge is 2.32. The van der Waals surface area contributed by atoms with E-state index in [4.69, 9.17) is 5.73 Å². The standard InChI is InChI=1S/C8H6F3N5/c9-8(10,11)5-1-14-16(4-5)7-3-13-2-6(12)15-7/h1-4H,(H2,12,15). The second-order valence-electron chi connectivity index (χ2n) is 2.97. The number of hydrogen-bond acceptors (Lipinski definition) is 4. The highest BCUT2D eigenvalue weighted by Crippen LogP contribution is 2.28. The Labute approximate surface area is 87.7 Å². The average Bonchev–Trinajstić information content (AvgIpc) is 2.65. The molecule has 0 spiro atoms. The Kier molecular flexibility index (Phi) is 2.26. The van der Waals surface area contributed by atoms with Crippen LogP contribution in [0.5, 0.6) is 0 Å². The molecule has 0 radical (unpaired) electrons. The maximum atomic E-state index is 12.3. The Morgan fingerprint density at radius 2 is 1.94 bits per heavy atom. The first-order valence-corrected chi connectivity index (χ1v) is 4.16. The summed E-state index contributed by atoms with van der Waals surface area (Å²) in [6.45, 7) is 0. The van der Waals surface area contributed by atoms with Crippen molar-refractivity contribution in [1.29, 1.82) is 0 Å². The van der Waals surface area contributed by atoms with E-state index >= 15 is 0 Å². The molecule has 0 unspecified atom stereocenters. The summed E-state index contributed by atoms with van der Waals surface area (Å²) in [7, 11) is 0. The first-order valence-electron chi connectivity index (χ1n) is 4.16. The monoisotopic (exact) mass is 229 g/mol. The van der Waals surface area contributed by atoms with E-state index in [1.165, 1.54) is 12.4 Å². The third-order valence-electron chi connectivity index (χ3n) is 1.79. The summed E-state index contributed by atoms with van der Waals surface area (Å²) in [5.74, 6) is 0.247. The number of aromatic nitrogens is 4. The van der Waals surface area contributed by atoms with Gasteiger partial charge in [0.15, 0.2) is 5.82 Å². The molecule has 0 saturated carbocycles. The number of nitrogen functional groups attached to an aromatic ring is 1. The van der Waals surface area contributed by atoms with Crippen molar-refractivity contribution in [3.8, 4) is 5.82 Å². The van der Waals surface area contributed by atoms with Crippen LogP contribution in [0.25, 0.3) is 5.82 Å². The third-order valence-corrected chi connectivity index (χ3v) is 1.79. The number of nitrogens with zero attached hydrogens (tertiary/aromatic N) is 4. The number of alkyl halides is 3. The predicted molar refractivity (Wildman–Crippen MR) is 48.6 cm³/mol. The van der Waals surface area contributed by atoms with Crippen LogP contribution in [0, 0.1) is 0 Å². The van der Waals surface area contributed by atoms with E-state index in [9.17, 15) is 13.2 Å². The SMILES string of the molecule is Nc1cncc(-n2cc(C(F)(F)F)cn2)n1. The minimum absolute atomic E-state index is 0.113. The van der Waals surface area contributed by atoms with Gasteiger partial charge in [-0.2, -0.15) is 18.3 Å². The van der Waals surface area contributed by atoms with Gasteiger partial charge in [-0.05, 0) is 0 Å². The van der Waals surface area contributed by atoms with Gasteiger partial charge < -0.3 is 5.73 Å². The fourth-order valence-corrected chi connectivity index (χ4v) is 1.08. The molecule has 0 aromatic carbocycles. The molecule has 84 valence electrons. The van der Waals surface area contributed by atoms with Crippen molar-refractivity contribution in [1.82, 2.24) is 19.7 Å². The van der Waals surface area contributed by atoms with Crippen molar-refractivity contribution in [2.24, 2.45) is 0 Å². The fourth-order valence-electron chi connectivity index (χ4n) is 1.08. The fraction of sp³-hybridized carbons (Fsp3) is 0.125. The second-order valence-corrected chi connectivity index (χ2v) is 2.97. The summed E-state index contributed by atoms with van der Waals surface area (Å²) in [5.41, 5.74) is 4.50. The highest BCUT2D eigenvalue weighted by molar-refractivity contribution is 5.30. The average molecular weight is 229 g/mol. The van der Waals surface area contributed by atoms with Gasteiger partial charge in [0.05, 0.1) is 24.2 Å². The first kappa shape index (κ1) is 10.4. The minimum atomic E-state index is -4.42. The molecule has 0 aliphatic carbocycles. The van der Waals surface area contributed by atoms with Crippen molar-refractivity contribution in [3.05, 3.63) is 30.4 Å². The van der Waals surface area contributed by atoms with Crippen LogP contribution in [0.15, 0.2) is 24.8 Å². The zero-order chi connectivity index (χ0) is 11.8. The quantitative estimate of drug-likeness (QED) is 0.799. The van der Waals surface area contributed by atoms with Crippen LogP contribution >= 0.6 is 0 Å². The lowest BCUT2D eigenvalue weighted by Gasteiger charge is -2.01. The Hall–Kier alpha value is -2.12. The van der Waals surface area contributed by atoms with Crippen molar-refractivity contribution in [3.63, 3.8) is 0 Å². The van der Waals surface area contributed by atoms with E-state index in [-0.39, 0.29) is 11.6 Å². The van der Waals surface area contributed by atoms with Crippen LogP contribution in [0.1, 0.15) is 5.56 Å². The van der Waals surface area contributed by atoms with Gasteiger partial charge >= 0.3 is 6.18 Å². The van der Waals surface area contributed by atoms with Crippen LogP contribution in [0.3, 0.4) is 0 Å². The number of nitrogens with two attached hydrogens (primary N) is 1. The molecule has 0 bridgehead atoms. The van der Waals surface area contributed by atoms with Gasteiger partial charge in [-0.15, -0.1) is 0 Å². The topological polar surface area (TPSA) is 69.6 Å². The van der Waals surface area contributed by atoms with Crippen LogP contribution in [0.4, 0.5) is 19.0 Å². The normalized spacial score (nSPS) is 11.7. The second kappa shape index (κ2) is 3.47. The summed E-state index contributed by atoms with van der Waals surface area (Å²) in [6.07, 6.45) is -0.332. The highest BCUT2D eigenvalue weighted by atomic mass is 19.4. The van der Waals surface area contributed by atoms with Crippen molar-refractivity contribution >= 4 is 5.82 Å². The maximum absolute atomic E-state index is 12.3. The van der Waals surface area contributed by atoms with Crippen LogP contribution in [-0.2, 0) is 6.18 Å². The molecular formula is C8H6F3N5. The van der Waals surface area contributed by atoms with E-state index in [0.717, 1.165) is 10.9 Å². The van der Waals surface area contributed by atoms with Gasteiger partial charge in [-0.25, -0.2) is 9.67 Å². The van der Waals surface area contributed by atoms with Crippen LogP contribution in [-0.4, -0.2) is 19.7 Å². The smallest absolute Gasteiger partial charge is 0.382 e. The molecule has 0 amide bonds. The number of hydrogen-bond donors (Lipinski definition) is 1. The van der Waals surface area contributed by atoms with Gasteiger partial charge in [0.2, 0.25) is 0 Å². The van der Waals surface area contributed by atoms with E-state index in [2.05, 4.69) is 15.1 Å². The van der Waals surface area contributed by atoms with Crippen LogP contribution < -0.4 is 5.73 Å². The van der Waals surface area contributed by atoms with E-state index in [1.807, 2.05) is 0 Å². The lowest BCUT2D eigenvalue weighted by atomic mass is 10.4. The number of halogens is 3. The van der Waals surface area contributed by atoms with E-state index < -0.39 is 11.7 Å². The van der Waals surface area contributed by atoms with Gasteiger partial charge in [0.25, 0.3) is 0 Å². The summed E-state index contributed by atoms with van der Waals surface area (Å²) >= 11 is 0. The number of anilines is 1. The largest absolute Gasteiger partial charge is 0.419 e. The van der Waals surface area contributed by atoms with E-state index in [0.29, 0.717) is 6.20 Å². The first-order chi connectivity index (χ1) is 7.47. The summed E-state index contributed by atoms with van der Waals surface area (Å²) in [4.78, 5) is 7.49. The lowest BCUT2D eigenvalue weighted by Crippen LogP contribution is -2.04. The van der Waals surface area contributed by atoms with Gasteiger partial charge in [-0.3, -0.25) is 4.98 Å². The summed E-state index contributed by atoms with van der Waals surface area (Å²) < 4.78 is 37.8. The van der Waals surface area contributed by atoms with Crippen LogP contribution in [0.2, 0.25) is 0 Å². The molecule has 16 heavy (non-hydrogen) atoms. The molecule has 0 atom stereocenters. The van der Waals surface area contributed by atoms with Gasteiger partial charge in [0.1, 0.15) is 5.82 Å². The molecule has 2 N–H and O–H groups in total. The maximum Gasteiger partial charge on any atom is 0.419 e. The molecule has 2 rings (SSSR count). The molecular weight excluding hydrogens is 223 g/mol. The van der Waals surface area contributed by atoms with Gasteiger partial charge in [0, 0.05) is 6.20 Å². The Balaban J connectivity index is 2.39. The van der Waals surface area contributed by atoms with Crippen molar-refractivity contribution < 1.29 is 13.2 Å². The molecule has 0 aliphatic heterocycles. The predicted octanol–water partition coefficient (Wildman–Crippen LogP) is 1.26. The molecule has 0 fully saturated rings. The molecule has 8 heteroatoms. The van der Waals surface area contributed by atoms with E-state index in [1.54, 1.807) is 0 Å². The van der Waals surface area contributed by atoms with Crippen molar-refractivity contribution in [2.75, 3.05) is 5.73 Å². The Morgan fingerprint density at radius 3 is 2.50 bits per heavy atom. The molecule has 2 heterocycles. The summed E-state index contributed by atoms with van der Waals surface area (Å²) in [6, 6.07) is 0. The Morgan fingerprint density at radius 1 is 1.19 bits per heavy atom. The summed E-state index contributed by atoms with van der Waals surface area (Å²) in [5, 5.41) is 3.53.